The van der Waals surface area contributed by atoms with Crippen molar-refractivity contribution in [3.63, 3.8) is 0 Å². The van der Waals surface area contributed by atoms with Crippen LogP contribution in [0.5, 0.6) is 5.75 Å². The van der Waals surface area contributed by atoms with Crippen LogP contribution in [0.25, 0.3) is 0 Å². The van der Waals surface area contributed by atoms with E-state index in [9.17, 15) is 9.59 Å². The highest BCUT2D eigenvalue weighted by Crippen LogP contribution is 2.38. The second-order valence-corrected chi connectivity index (χ2v) is 6.51. The molecule has 2 atom stereocenters. The Hall–Kier alpha value is -1.08. The van der Waals surface area contributed by atoms with E-state index in [0.29, 0.717) is 17.9 Å². The molecule has 5 nitrogen and oxygen atoms in total. The number of carbonyl (C=O) groups is 2. The third-order valence-electron chi connectivity index (χ3n) is 3.45. The average molecular weight is 420 g/mol. The molecule has 1 aliphatic rings. The largest absolute Gasteiger partial charge is 0.495 e. The number of rotatable bonds is 3. The molecule has 2 unspecified atom stereocenters. The van der Waals surface area contributed by atoms with Crippen molar-refractivity contribution in [2.45, 2.75) is 32.4 Å². The fourth-order valence-electron chi connectivity index (χ4n) is 2.36. The van der Waals surface area contributed by atoms with E-state index in [2.05, 4.69) is 37.2 Å². The van der Waals surface area contributed by atoms with Crippen molar-refractivity contribution < 1.29 is 14.3 Å². The van der Waals surface area contributed by atoms with Gasteiger partial charge in [0.25, 0.3) is 0 Å². The predicted octanol–water partition coefficient (Wildman–Crippen LogP) is 2.85. The molecule has 0 saturated carbocycles. The number of hydrogen-bond donors (Lipinski definition) is 1. The number of piperazine rings is 1. The number of nitrogens with one attached hydrogen (secondary N) is 1. The van der Waals surface area contributed by atoms with E-state index >= 15 is 0 Å². The summed E-state index contributed by atoms with van der Waals surface area (Å²) >= 11 is 6.86. The predicted molar refractivity (Wildman–Crippen MR) is 87.6 cm³/mol. The van der Waals surface area contributed by atoms with Crippen LogP contribution in [0, 0.1) is 0 Å². The standard InChI is InChI=1S/C14H16Br2N2O3/c1-4-10-13(19)17-7(2)14(20)18(10)11-6-12(21-3)9(16)5-8(11)15/h5-7,10H,4H2,1-3H3,(H,17,19). The van der Waals surface area contributed by atoms with Crippen molar-refractivity contribution >= 4 is 49.4 Å². The molecule has 0 aliphatic carbocycles. The Bertz CT molecular complexity index is 592. The Morgan fingerprint density at radius 1 is 1.29 bits per heavy atom. The summed E-state index contributed by atoms with van der Waals surface area (Å²) in [4.78, 5) is 26.2. The van der Waals surface area contributed by atoms with Gasteiger partial charge in [0.15, 0.2) is 0 Å². The van der Waals surface area contributed by atoms with E-state index in [1.165, 1.54) is 0 Å². The SMILES string of the molecule is CCC1C(=O)NC(C)C(=O)N1c1cc(OC)c(Br)cc1Br. The second-order valence-electron chi connectivity index (χ2n) is 4.80. The van der Waals surface area contributed by atoms with Crippen LogP contribution < -0.4 is 15.0 Å². The summed E-state index contributed by atoms with van der Waals surface area (Å²) in [5, 5.41) is 2.70. The molecule has 0 radical (unpaired) electrons. The minimum atomic E-state index is -0.540. The maximum Gasteiger partial charge on any atom is 0.250 e. The Morgan fingerprint density at radius 3 is 2.52 bits per heavy atom. The molecule has 114 valence electrons. The van der Waals surface area contributed by atoms with Crippen LogP contribution in [0.2, 0.25) is 0 Å². The first kappa shape index (κ1) is 16.3. The van der Waals surface area contributed by atoms with Crippen LogP contribution in [0.1, 0.15) is 20.3 Å². The van der Waals surface area contributed by atoms with Crippen molar-refractivity contribution in [3.05, 3.63) is 21.1 Å². The number of hydrogen-bond acceptors (Lipinski definition) is 3. The number of methoxy groups -OCH3 is 1. The maximum atomic E-state index is 12.5. The first-order chi connectivity index (χ1) is 9.90. The molecule has 1 aromatic carbocycles. The third-order valence-corrected chi connectivity index (χ3v) is 4.70. The number of ether oxygens (including phenoxy) is 1. The van der Waals surface area contributed by atoms with Crippen molar-refractivity contribution in [3.8, 4) is 5.75 Å². The van der Waals surface area contributed by atoms with Crippen LogP contribution >= 0.6 is 31.9 Å². The number of benzene rings is 1. The number of amides is 2. The van der Waals surface area contributed by atoms with Gasteiger partial charge in [-0.3, -0.25) is 14.5 Å². The van der Waals surface area contributed by atoms with Crippen LogP contribution in [-0.4, -0.2) is 31.0 Å². The lowest BCUT2D eigenvalue weighted by atomic mass is 10.0. The average Bonchev–Trinajstić information content (AvgIpc) is 2.43. The molecular formula is C14H16Br2N2O3. The molecule has 7 heteroatoms. The van der Waals surface area contributed by atoms with Crippen LogP contribution in [-0.2, 0) is 9.59 Å². The topological polar surface area (TPSA) is 58.6 Å². The van der Waals surface area contributed by atoms with Gasteiger partial charge in [-0.25, -0.2) is 0 Å². The van der Waals surface area contributed by atoms with Gasteiger partial charge in [0.1, 0.15) is 17.8 Å². The smallest absolute Gasteiger partial charge is 0.250 e. The lowest BCUT2D eigenvalue weighted by Crippen LogP contribution is -2.62. The Kier molecular flexibility index (Phi) is 4.93. The zero-order valence-corrected chi connectivity index (χ0v) is 15.1. The molecule has 0 aromatic heterocycles. The number of nitrogens with zero attached hydrogens (tertiary/aromatic N) is 1. The molecular weight excluding hydrogens is 404 g/mol. The monoisotopic (exact) mass is 418 g/mol. The normalized spacial score (nSPS) is 22.2. The van der Waals surface area contributed by atoms with E-state index in [-0.39, 0.29) is 11.8 Å². The minimum absolute atomic E-state index is 0.133. The first-order valence-electron chi connectivity index (χ1n) is 6.57. The lowest BCUT2D eigenvalue weighted by Gasteiger charge is -2.38. The highest BCUT2D eigenvalue weighted by Gasteiger charge is 2.39. The van der Waals surface area contributed by atoms with Gasteiger partial charge in [-0.05, 0) is 51.3 Å². The molecule has 2 rings (SSSR count). The zero-order chi connectivity index (χ0) is 15.7. The number of halogens is 2. The fourth-order valence-corrected chi connectivity index (χ4v) is 3.71. The molecule has 0 bridgehead atoms. The van der Waals surface area contributed by atoms with Gasteiger partial charge in [-0.1, -0.05) is 6.92 Å². The number of carbonyl (C=O) groups excluding carboxylic acids is 2. The van der Waals surface area contributed by atoms with Crippen LogP contribution in [0.3, 0.4) is 0 Å². The summed E-state index contributed by atoms with van der Waals surface area (Å²) in [6, 6.07) is 2.50. The molecule has 21 heavy (non-hydrogen) atoms. The van der Waals surface area contributed by atoms with Crippen LogP contribution in [0.4, 0.5) is 5.69 Å². The third kappa shape index (κ3) is 2.94. The Morgan fingerprint density at radius 2 is 1.95 bits per heavy atom. The van der Waals surface area contributed by atoms with E-state index in [0.717, 1.165) is 8.95 Å². The molecule has 1 fully saturated rings. The van der Waals surface area contributed by atoms with E-state index in [4.69, 9.17) is 4.74 Å². The summed E-state index contributed by atoms with van der Waals surface area (Å²) < 4.78 is 6.78. The van der Waals surface area contributed by atoms with E-state index < -0.39 is 12.1 Å². The van der Waals surface area contributed by atoms with Gasteiger partial charge in [-0.15, -0.1) is 0 Å². The van der Waals surface area contributed by atoms with E-state index in [1.807, 2.05) is 13.0 Å². The number of anilines is 1. The first-order valence-corrected chi connectivity index (χ1v) is 8.15. The highest BCUT2D eigenvalue weighted by atomic mass is 79.9. The van der Waals surface area contributed by atoms with Crippen molar-refractivity contribution in [2.75, 3.05) is 12.0 Å². The molecule has 2 amide bonds. The van der Waals surface area contributed by atoms with Crippen molar-refractivity contribution in [1.82, 2.24) is 5.32 Å². The molecule has 1 aliphatic heterocycles. The van der Waals surface area contributed by atoms with Crippen LogP contribution in [0.15, 0.2) is 21.1 Å². The summed E-state index contributed by atoms with van der Waals surface area (Å²) in [7, 11) is 1.56. The molecule has 1 aromatic rings. The summed E-state index contributed by atoms with van der Waals surface area (Å²) in [6.45, 7) is 3.56. The molecule has 1 heterocycles. The molecule has 1 N–H and O–H groups in total. The van der Waals surface area contributed by atoms with Crippen molar-refractivity contribution in [1.29, 1.82) is 0 Å². The highest BCUT2D eigenvalue weighted by molar-refractivity contribution is 9.11. The molecule has 0 spiro atoms. The maximum absolute atomic E-state index is 12.5. The lowest BCUT2D eigenvalue weighted by molar-refractivity contribution is -0.133. The van der Waals surface area contributed by atoms with Gasteiger partial charge < -0.3 is 10.1 Å². The van der Waals surface area contributed by atoms with Gasteiger partial charge in [0, 0.05) is 10.5 Å². The Balaban J connectivity index is 2.55. The van der Waals surface area contributed by atoms with Gasteiger partial charge in [0.2, 0.25) is 11.8 Å². The second kappa shape index (κ2) is 6.36. The minimum Gasteiger partial charge on any atom is -0.495 e. The zero-order valence-electron chi connectivity index (χ0n) is 11.9. The summed E-state index contributed by atoms with van der Waals surface area (Å²) in [5.41, 5.74) is 0.633. The summed E-state index contributed by atoms with van der Waals surface area (Å²) in [5.74, 6) is 0.333. The molecule has 1 saturated heterocycles. The quantitative estimate of drug-likeness (QED) is 0.819. The Labute approximate surface area is 140 Å². The fraction of sp³-hybridized carbons (Fsp3) is 0.429. The van der Waals surface area contributed by atoms with Gasteiger partial charge in [-0.2, -0.15) is 0 Å². The van der Waals surface area contributed by atoms with Gasteiger partial charge in [0.05, 0.1) is 17.3 Å². The van der Waals surface area contributed by atoms with Crippen molar-refractivity contribution in [2.24, 2.45) is 0 Å². The summed E-state index contributed by atoms with van der Waals surface area (Å²) in [6.07, 6.45) is 0.537. The van der Waals surface area contributed by atoms with E-state index in [1.54, 1.807) is 25.0 Å². The van der Waals surface area contributed by atoms with Gasteiger partial charge >= 0.3 is 0 Å².